The van der Waals surface area contributed by atoms with Crippen molar-refractivity contribution >= 4 is 5.97 Å². The molecule has 0 saturated carbocycles. The molecule has 1 aromatic carbocycles. The maximum Gasteiger partial charge on any atom is 0.493 e. The summed E-state index contributed by atoms with van der Waals surface area (Å²) < 4.78 is 4.68. The molecule has 2 nitrogen and oxygen atoms in total. The lowest BCUT2D eigenvalue weighted by atomic mass is 10.2. The lowest BCUT2D eigenvalue weighted by molar-refractivity contribution is -0.139. The Kier molecular flexibility index (Phi) is 2.55. The van der Waals surface area contributed by atoms with Gasteiger partial charge >= 0.3 is 5.97 Å². The first-order chi connectivity index (χ1) is 5.29. The van der Waals surface area contributed by atoms with Gasteiger partial charge in [-0.2, -0.15) is 4.79 Å². The van der Waals surface area contributed by atoms with E-state index in [1.165, 1.54) is 0 Å². The fourth-order valence-corrected chi connectivity index (χ4v) is 0.738. The van der Waals surface area contributed by atoms with Crippen LogP contribution in [0.1, 0.15) is 5.56 Å². The second-order valence-electron chi connectivity index (χ2n) is 2.15. The number of esters is 1. The first kappa shape index (κ1) is 7.66. The van der Waals surface area contributed by atoms with Crippen LogP contribution in [0.3, 0.4) is 0 Å². The summed E-state index contributed by atoms with van der Waals surface area (Å²) >= 11 is 0. The lowest BCUT2D eigenvalue weighted by Gasteiger charge is -1.96. The molecule has 56 valence electrons. The van der Waals surface area contributed by atoms with Gasteiger partial charge in [0, 0.05) is 0 Å². The first-order valence-corrected chi connectivity index (χ1v) is 3.31. The zero-order valence-electron chi connectivity index (χ0n) is 6.12. The Morgan fingerprint density at radius 1 is 1.36 bits per heavy atom. The van der Waals surface area contributed by atoms with Crippen LogP contribution in [-0.4, -0.2) is 5.97 Å². The Hall–Kier alpha value is -1.44. The van der Waals surface area contributed by atoms with E-state index in [9.17, 15) is 4.79 Å². The highest BCUT2D eigenvalue weighted by atomic mass is 16.5. The molecule has 0 N–H and O–H groups in total. The van der Waals surface area contributed by atoms with Gasteiger partial charge in [-0.15, -0.1) is 0 Å². The maximum atomic E-state index is 10.3. The zero-order valence-corrected chi connectivity index (χ0v) is 6.12. The van der Waals surface area contributed by atoms with Gasteiger partial charge in [0.25, 0.3) is 0 Å². The molecule has 0 fully saturated rings. The highest BCUT2D eigenvalue weighted by molar-refractivity contribution is 5.73. The third kappa shape index (κ3) is 2.76. The van der Waals surface area contributed by atoms with Gasteiger partial charge in [-0.25, -0.2) is 0 Å². The molecule has 1 aromatic rings. The molecule has 0 saturated heterocycles. The van der Waals surface area contributed by atoms with Crippen molar-refractivity contribution in [3.8, 4) is 0 Å². The minimum Gasteiger partial charge on any atom is -0.425 e. The van der Waals surface area contributed by atoms with Crippen molar-refractivity contribution < 1.29 is 9.53 Å². The molecule has 11 heavy (non-hydrogen) atoms. The van der Waals surface area contributed by atoms with Crippen LogP contribution in [0.25, 0.3) is 0 Å². The van der Waals surface area contributed by atoms with Crippen LogP contribution in [0, 0.1) is 6.92 Å². The van der Waals surface area contributed by atoms with Crippen LogP contribution in [0.2, 0.25) is 0 Å². The van der Waals surface area contributed by atoms with Crippen molar-refractivity contribution in [1.29, 1.82) is 0 Å². The molecule has 1 rings (SSSR count). The van der Waals surface area contributed by atoms with Gasteiger partial charge in [-0.05, 0) is 5.56 Å². The minimum absolute atomic E-state index is 0.309. The van der Waals surface area contributed by atoms with Crippen molar-refractivity contribution in [3.05, 3.63) is 42.8 Å². The van der Waals surface area contributed by atoms with Crippen molar-refractivity contribution in [2.45, 2.75) is 6.61 Å². The summed E-state index contributed by atoms with van der Waals surface area (Å²) in [5.74, 6) is -0.492. The third-order valence-electron chi connectivity index (χ3n) is 1.24. The molecular formula is C9H9O2+. The van der Waals surface area contributed by atoms with E-state index in [1.54, 1.807) is 0 Å². The van der Waals surface area contributed by atoms with Gasteiger partial charge in [0.2, 0.25) is 0 Å². The Morgan fingerprint density at radius 3 is 2.55 bits per heavy atom. The van der Waals surface area contributed by atoms with E-state index in [1.807, 2.05) is 30.3 Å². The van der Waals surface area contributed by atoms with Crippen LogP contribution in [0.15, 0.2) is 30.3 Å². The van der Waals surface area contributed by atoms with Crippen molar-refractivity contribution in [1.82, 2.24) is 0 Å². The standard InChI is InChI=1S/C9H9O2/c1-8(10)11-7-9-5-3-2-4-6-9/h2-6H,1,7H2/q+1. The highest BCUT2D eigenvalue weighted by Gasteiger charge is 1.99. The summed E-state index contributed by atoms with van der Waals surface area (Å²) in [6, 6.07) is 9.49. The summed E-state index contributed by atoms with van der Waals surface area (Å²) in [5, 5.41) is 0. The molecule has 0 atom stereocenters. The quantitative estimate of drug-likeness (QED) is 0.471. The lowest BCUT2D eigenvalue weighted by Crippen LogP contribution is -1.98. The first-order valence-electron chi connectivity index (χ1n) is 3.31. The Morgan fingerprint density at radius 2 is 2.00 bits per heavy atom. The van der Waals surface area contributed by atoms with E-state index in [-0.39, 0.29) is 0 Å². The molecule has 0 aliphatic heterocycles. The summed E-state index contributed by atoms with van der Waals surface area (Å²) in [5.41, 5.74) is 0.976. The Labute approximate surface area is 65.8 Å². The molecule has 0 aliphatic carbocycles. The summed E-state index contributed by atoms with van der Waals surface area (Å²) in [6.45, 7) is 3.40. The van der Waals surface area contributed by atoms with Gasteiger partial charge in [0.15, 0.2) is 6.92 Å². The zero-order chi connectivity index (χ0) is 8.10. The van der Waals surface area contributed by atoms with Crippen LogP contribution < -0.4 is 0 Å². The Balaban J connectivity index is 2.45. The molecular weight excluding hydrogens is 140 g/mol. The topological polar surface area (TPSA) is 26.3 Å². The average Bonchev–Trinajstić information content (AvgIpc) is 2.03. The fourth-order valence-electron chi connectivity index (χ4n) is 0.738. The van der Waals surface area contributed by atoms with Gasteiger partial charge in [0.05, 0.1) is 0 Å². The number of hydrogen-bond acceptors (Lipinski definition) is 2. The van der Waals surface area contributed by atoms with Crippen LogP contribution in [-0.2, 0) is 16.1 Å². The number of rotatable bonds is 2. The number of hydrogen-bond donors (Lipinski definition) is 0. The van der Waals surface area contributed by atoms with Crippen molar-refractivity contribution in [2.24, 2.45) is 0 Å². The summed E-state index contributed by atoms with van der Waals surface area (Å²) in [6.07, 6.45) is 0. The molecule has 0 radical (unpaired) electrons. The minimum atomic E-state index is -0.492. The van der Waals surface area contributed by atoms with Crippen molar-refractivity contribution in [2.75, 3.05) is 0 Å². The summed E-state index contributed by atoms with van der Waals surface area (Å²) in [4.78, 5) is 10.3. The van der Waals surface area contributed by atoms with E-state index in [0.717, 1.165) is 5.56 Å². The van der Waals surface area contributed by atoms with Crippen LogP contribution in [0.5, 0.6) is 0 Å². The number of carbonyl (C=O) groups excluding carboxylic acids is 1. The normalized spacial score (nSPS) is 9.09. The van der Waals surface area contributed by atoms with Crippen molar-refractivity contribution in [3.63, 3.8) is 0 Å². The smallest absolute Gasteiger partial charge is 0.425 e. The third-order valence-corrected chi connectivity index (χ3v) is 1.24. The largest absolute Gasteiger partial charge is 0.493 e. The second-order valence-corrected chi connectivity index (χ2v) is 2.15. The fraction of sp³-hybridized carbons (Fsp3) is 0.111. The highest BCUT2D eigenvalue weighted by Crippen LogP contribution is 1.99. The number of benzene rings is 1. The Bertz CT molecular complexity index is 229. The predicted molar refractivity (Wildman–Crippen MR) is 41.6 cm³/mol. The SMILES string of the molecule is [CH2+]C(=O)OCc1ccccc1. The summed E-state index contributed by atoms with van der Waals surface area (Å²) in [7, 11) is 0. The van der Waals surface area contributed by atoms with Gasteiger partial charge < -0.3 is 4.74 Å². The van der Waals surface area contributed by atoms with E-state index < -0.39 is 5.97 Å². The van der Waals surface area contributed by atoms with Crippen LogP contribution >= 0.6 is 0 Å². The van der Waals surface area contributed by atoms with E-state index in [4.69, 9.17) is 0 Å². The maximum absolute atomic E-state index is 10.3. The van der Waals surface area contributed by atoms with Gasteiger partial charge in [-0.3, -0.25) is 0 Å². The molecule has 0 amide bonds. The molecule has 0 unspecified atom stereocenters. The van der Waals surface area contributed by atoms with Gasteiger partial charge in [0.1, 0.15) is 6.61 Å². The van der Waals surface area contributed by atoms with Crippen LogP contribution in [0.4, 0.5) is 0 Å². The van der Waals surface area contributed by atoms with Gasteiger partial charge in [-0.1, -0.05) is 30.3 Å². The average molecular weight is 149 g/mol. The molecule has 0 spiro atoms. The monoisotopic (exact) mass is 149 g/mol. The molecule has 0 heterocycles. The van der Waals surface area contributed by atoms with E-state index in [0.29, 0.717) is 6.61 Å². The number of carbonyl (C=O) groups is 1. The second kappa shape index (κ2) is 3.66. The van der Waals surface area contributed by atoms with E-state index >= 15 is 0 Å². The predicted octanol–water partition coefficient (Wildman–Crippen LogP) is 1.56. The van der Waals surface area contributed by atoms with E-state index in [2.05, 4.69) is 11.7 Å². The molecule has 0 bridgehead atoms. The molecule has 0 aromatic heterocycles. The number of ether oxygens (including phenoxy) is 1. The molecule has 0 aliphatic rings. The molecule has 2 heteroatoms.